The summed E-state index contributed by atoms with van der Waals surface area (Å²) in [4.78, 5) is 3.21. The van der Waals surface area contributed by atoms with Crippen molar-refractivity contribution in [2.75, 3.05) is 30.9 Å². The number of rotatable bonds is 15. The van der Waals surface area contributed by atoms with Crippen molar-refractivity contribution in [2.24, 2.45) is 5.92 Å². The first kappa shape index (κ1) is 45.1. The van der Waals surface area contributed by atoms with Gasteiger partial charge in [0.2, 0.25) is 0 Å². The number of benzene rings is 3. The van der Waals surface area contributed by atoms with Gasteiger partial charge in [-0.1, -0.05) is 87.0 Å². The van der Waals surface area contributed by atoms with E-state index in [9.17, 15) is 29.9 Å². The summed E-state index contributed by atoms with van der Waals surface area (Å²) in [5.41, 5.74) is 5.12. The molecule has 0 saturated carbocycles. The molecule has 1 fully saturated rings. The maximum Gasteiger partial charge on any atom is 0.123 e. The fourth-order valence-electron chi connectivity index (χ4n) is 6.18. The van der Waals surface area contributed by atoms with E-state index >= 15 is 0 Å². The van der Waals surface area contributed by atoms with Crippen molar-refractivity contribution in [3.63, 3.8) is 0 Å². The molecule has 0 amide bonds. The van der Waals surface area contributed by atoms with Gasteiger partial charge in [-0.3, -0.25) is 0 Å². The van der Waals surface area contributed by atoms with Gasteiger partial charge in [-0.2, -0.15) is 0 Å². The van der Waals surface area contributed by atoms with Gasteiger partial charge in [-0.05, 0) is 80.6 Å². The van der Waals surface area contributed by atoms with Crippen molar-refractivity contribution in [1.29, 1.82) is 0 Å². The molecule has 0 aromatic heterocycles. The van der Waals surface area contributed by atoms with Gasteiger partial charge in [0, 0.05) is 35.9 Å². The molecule has 1 aliphatic rings. The molecule has 1 aliphatic heterocycles. The van der Waals surface area contributed by atoms with Gasteiger partial charge in [-0.15, -0.1) is 11.8 Å². The third-order valence-corrected chi connectivity index (χ3v) is 10.3. The molecule has 8 nitrogen and oxygen atoms in total. The highest BCUT2D eigenvalue weighted by Crippen LogP contribution is 2.31. The van der Waals surface area contributed by atoms with Crippen LogP contribution in [-0.2, 0) is 4.74 Å². The summed E-state index contributed by atoms with van der Waals surface area (Å²) < 4.78 is 18.6. The summed E-state index contributed by atoms with van der Waals surface area (Å²) >= 11 is 1.48. The molecule has 1 saturated heterocycles. The molecular weight excluding hydrogens is 682 g/mol. The summed E-state index contributed by atoms with van der Waals surface area (Å²) in [6.07, 6.45) is -1.79. The topological polar surface area (TPSA) is 134 Å². The van der Waals surface area contributed by atoms with E-state index in [1.54, 1.807) is 12.1 Å². The van der Waals surface area contributed by atoms with Crippen LogP contribution >= 0.6 is 11.8 Å². The number of likely N-dealkylation sites (N-methyl/N-ethyl adjacent to an activating group) is 1. The van der Waals surface area contributed by atoms with E-state index < -0.39 is 43.2 Å². The quantitative estimate of drug-likeness (QED) is 0.0736. The Morgan fingerprint density at radius 3 is 2.02 bits per heavy atom. The SMILES string of the molecule is C/C=C(\CC)C(C(CO)CCC(O)c1ccc(F)cc1)N(C)c1ccccc1.C=C(C)c1ccc(SCC2OC(CO)C(O)C(O)C2O)cc1.CC. The fraction of sp³-hybridized carbons (Fsp3) is 0.476. The molecule has 288 valence electrons. The van der Waals surface area contributed by atoms with Crippen LogP contribution in [0.3, 0.4) is 0 Å². The van der Waals surface area contributed by atoms with Crippen molar-refractivity contribution in [1.82, 2.24) is 0 Å². The lowest BCUT2D eigenvalue weighted by Gasteiger charge is -2.40. The van der Waals surface area contributed by atoms with E-state index in [0.717, 1.165) is 28.1 Å². The maximum absolute atomic E-state index is 13.1. The number of para-hydroxylation sites is 1. The smallest absolute Gasteiger partial charge is 0.123 e. The molecule has 10 heteroatoms. The van der Waals surface area contributed by atoms with E-state index in [4.69, 9.17) is 9.84 Å². The molecule has 52 heavy (non-hydrogen) atoms. The monoisotopic (exact) mass is 741 g/mol. The number of nitrogens with zero attached hydrogens (tertiary/aromatic N) is 1. The number of aliphatic hydroxyl groups is 6. The van der Waals surface area contributed by atoms with E-state index in [1.165, 1.54) is 29.5 Å². The largest absolute Gasteiger partial charge is 0.396 e. The number of thioether (sulfide) groups is 1. The second-order valence-corrected chi connectivity index (χ2v) is 13.8. The molecule has 4 rings (SSSR count). The van der Waals surface area contributed by atoms with Gasteiger partial charge in [0.25, 0.3) is 0 Å². The van der Waals surface area contributed by atoms with Crippen LogP contribution in [0.1, 0.15) is 71.1 Å². The highest BCUT2D eigenvalue weighted by molar-refractivity contribution is 7.99. The van der Waals surface area contributed by atoms with E-state index in [-0.39, 0.29) is 24.4 Å². The number of ether oxygens (including phenoxy) is 1. The fourth-order valence-corrected chi connectivity index (χ4v) is 7.14. The Hall–Kier alpha value is -3.06. The number of anilines is 1. The van der Waals surface area contributed by atoms with Crippen LogP contribution in [0, 0.1) is 11.7 Å². The average molecular weight is 742 g/mol. The van der Waals surface area contributed by atoms with Crippen LogP contribution in [0.5, 0.6) is 0 Å². The van der Waals surface area contributed by atoms with E-state index in [1.807, 2.05) is 70.2 Å². The third kappa shape index (κ3) is 13.1. The summed E-state index contributed by atoms with van der Waals surface area (Å²) in [5, 5.41) is 59.3. The lowest BCUT2D eigenvalue weighted by Crippen LogP contribution is -2.59. The van der Waals surface area contributed by atoms with Crippen molar-refractivity contribution in [3.05, 3.63) is 114 Å². The Morgan fingerprint density at radius 1 is 0.904 bits per heavy atom. The summed E-state index contributed by atoms with van der Waals surface area (Å²) in [5.74, 6) is 0.0780. The van der Waals surface area contributed by atoms with Crippen LogP contribution < -0.4 is 4.90 Å². The molecule has 6 N–H and O–H groups in total. The van der Waals surface area contributed by atoms with Crippen LogP contribution in [0.25, 0.3) is 5.57 Å². The Bertz CT molecular complexity index is 1460. The molecule has 0 bridgehead atoms. The number of aliphatic hydroxyl groups excluding tert-OH is 6. The Morgan fingerprint density at radius 2 is 1.50 bits per heavy atom. The Kier molecular flexibility index (Phi) is 20.4. The normalized spacial score (nSPS) is 21.8. The van der Waals surface area contributed by atoms with Gasteiger partial charge in [0.05, 0.1) is 24.9 Å². The molecule has 8 unspecified atom stereocenters. The van der Waals surface area contributed by atoms with Crippen LogP contribution in [0.15, 0.2) is 102 Å². The van der Waals surface area contributed by atoms with E-state index in [0.29, 0.717) is 24.2 Å². The highest BCUT2D eigenvalue weighted by atomic mass is 32.2. The molecule has 1 heterocycles. The minimum atomic E-state index is -1.32. The first-order valence-electron chi connectivity index (χ1n) is 18.1. The lowest BCUT2D eigenvalue weighted by molar-refractivity contribution is -0.222. The zero-order valence-electron chi connectivity index (χ0n) is 31.5. The molecule has 0 aliphatic carbocycles. The van der Waals surface area contributed by atoms with Crippen molar-refractivity contribution >= 4 is 23.0 Å². The van der Waals surface area contributed by atoms with Crippen LogP contribution in [0.2, 0.25) is 0 Å². The summed E-state index contributed by atoms with van der Waals surface area (Å²) in [7, 11) is 2.05. The predicted molar refractivity (Wildman–Crippen MR) is 211 cm³/mol. The van der Waals surface area contributed by atoms with Crippen molar-refractivity contribution < 1.29 is 39.8 Å². The molecule has 3 aromatic rings. The molecule has 0 radical (unpaired) electrons. The van der Waals surface area contributed by atoms with Gasteiger partial charge < -0.3 is 40.3 Å². The van der Waals surface area contributed by atoms with E-state index in [2.05, 4.69) is 43.7 Å². The second-order valence-electron chi connectivity index (χ2n) is 12.7. The Balaban J connectivity index is 0.000000352. The first-order chi connectivity index (χ1) is 24.9. The van der Waals surface area contributed by atoms with Crippen LogP contribution in [0.4, 0.5) is 10.1 Å². The highest BCUT2D eigenvalue weighted by Gasteiger charge is 2.43. The maximum atomic E-state index is 13.1. The molecule has 3 aromatic carbocycles. The van der Waals surface area contributed by atoms with Crippen molar-refractivity contribution in [3.8, 4) is 0 Å². The Labute approximate surface area is 314 Å². The van der Waals surface area contributed by atoms with Gasteiger partial charge in [0.15, 0.2) is 0 Å². The van der Waals surface area contributed by atoms with Gasteiger partial charge in [0.1, 0.15) is 30.2 Å². The zero-order valence-corrected chi connectivity index (χ0v) is 32.3. The predicted octanol–water partition coefficient (Wildman–Crippen LogP) is 6.79. The number of hydrogen-bond acceptors (Lipinski definition) is 9. The zero-order chi connectivity index (χ0) is 38.8. The van der Waals surface area contributed by atoms with Gasteiger partial charge in [-0.25, -0.2) is 4.39 Å². The average Bonchev–Trinajstić information content (AvgIpc) is 3.18. The lowest BCUT2D eigenvalue weighted by atomic mass is 9.85. The second kappa shape index (κ2) is 23.6. The van der Waals surface area contributed by atoms with Crippen LogP contribution in [-0.4, -0.2) is 93.2 Å². The standard InChI is InChI=1S/C24H32FNO2.C16H22O5S.C2H6/c1-4-18(5-2)24(26(3)22-9-7-6-8-10-22)20(17-27)13-16-23(28)19-11-14-21(25)15-12-19;1-9(2)10-3-5-11(6-4-10)22-8-13-15(19)16(20)14(18)12(7-17)21-13;1-2/h4,6-12,14-15,20,23-24,27-28H,5,13,16-17H2,1-3H3;3-6,12-20H,1,7-8H2,2H3;1-2H3/b18-4+;;. The van der Waals surface area contributed by atoms with Crippen molar-refractivity contribution in [2.45, 2.75) is 101 Å². The third-order valence-electron chi connectivity index (χ3n) is 9.24. The number of allylic oxidation sites excluding steroid dienone is 2. The number of hydrogen-bond donors (Lipinski definition) is 6. The molecular formula is C42H60FNO7S. The number of halogens is 1. The molecule has 0 spiro atoms. The first-order valence-corrected chi connectivity index (χ1v) is 19.1. The molecule has 8 atom stereocenters. The minimum absolute atomic E-state index is 0.0218. The summed E-state index contributed by atoms with van der Waals surface area (Å²) in [6, 6.07) is 24.0. The van der Waals surface area contributed by atoms with Gasteiger partial charge >= 0.3 is 0 Å². The minimum Gasteiger partial charge on any atom is -0.396 e. The summed E-state index contributed by atoms with van der Waals surface area (Å²) in [6.45, 7) is 13.6.